The first kappa shape index (κ1) is 15.4. The molecule has 0 aliphatic rings. The molecule has 0 spiro atoms. The predicted octanol–water partition coefficient (Wildman–Crippen LogP) is -1.19. The molecule has 3 aromatic rings. The summed E-state index contributed by atoms with van der Waals surface area (Å²) in [5.74, 6) is 0. The van der Waals surface area contributed by atoms with Gasteiger partial charge in [-0.2, -0.15) is 35.6 Å². The molecule has 74 valence electrons. The van der Waals surface area contributed by atoms with Crippen molar-refractivity contribution in [3.05, 3.63) is 47.2 Å². The Balaban J connectivity index is 0.000000722. The molecule has 5 heteroatoms. The third kappa shape index (κ3) is 3.40. The van der Waals surface area contributed by atoms with Crippen molar-refractivity contribution in [3.63, 3.8) is 0 Å². The standard InChI is InChI=1S/C12H6S3.2Li/c1-3-9(13-7-1)11-5-6-12(15-11)10-4-2-8-14-10;;/h1-6H;;/q-2;2*+1. The number of hydrogen-bond acceptors (Lipinski definition) is 3. The van der Waals surface area contributed by atoms with Gasteiger partial charge in [-0.25, -0.2) is 0 Å². The maximum atomic E-state index is 3.12. The minimum atomic E-state index is 0. The fraction of sp³-hybridized carbons (Fsp3) is 0. The third-order valence-electron chi connectivity index (χ3n) is 2.03. The summed E-state index contributed by atoms with van der Waals surface area (Å²) < 4.78 is 0. The molecular formula is C12H6Li2S3. The van der Waals surface area contributed by atoms with Gasteiger partial charge >= 0.3 is 37.7 Å². The van der Waals surface area contributed by atoms with Gasteiger partial charge in [-0.15, -0.1) is 20.5 Å². The van der Waals surface area contributed by atoms with Gasteiger partial charge in [0.25, 0.3) is 0 Å². The first-order chi connectivity index (χ1) is 7.43. The van der Waals surface area contributed by atoms with Crippen LogP contribution in [0.25, 0.3) is 19.5 Å². The van der Waals surface area contributed by atoms with Crippen LogP contribution in [-0.2, 0) is 0 Å². The second-order valence-corrected chi connectivity index (χ2v) is 5.84. The fourth-order valence-corrected chi connectivity index (χ4v) is 3.83. The summed E-state index contributed by atoms with van der Waals surface area (Å²) in [6.07, 6.45) is 0. The quantitative estimate of drug-likeness (QED) is 0.402. The Morgan fingerprint density at radius 2 is 1.12 bits per heavy atom. The zero-order chi connectivity index (χ0) is 10.1. The van der Waals surface area contributed by atoms with Crippen LogP contribution >= 0.6 is 34.0 Å². The molecule has 0 atom stereocenters. The summed E-state index contributed by atoms with van der Waals surface area (Å²) in [5.41, 5.74) is 0. The van der Waals surface area contributed by atoms with E-state index in [0.29, 0.717) is 0 Å². The van der Waals surface area contributed by atoms with Gasteiger partial charge in [0.2, 0.25) is 0 Å². The van der Waals surface area contributed by atoms with Crippen LogP contribution in [0.2, 0.25) is 0 Å². The summed E-state index contributed by atoms with van der Waals surface area (Å²) in [6.45, 7) is 0. The van der Waals surface area contributed by atoms with E-state index in [4.69, 9.17) is 0 Å². The molecule has 0 saturated carbocycles. The van der Waals surface area contributed by atoms with E-state index in [1.165, 1.54) is 19.5 Å². The van der Waals surface area contributed by atoms with Gasteiger partial charge in [-0.3, -0.25) is 22.7 Å². The molecular weight excluding hydrogens is 254 g/mol. The Morgan fingerprint density at radius 1 is 0.647 bits per heavy atom. The van der Waals surface area contributed by atoms with E-state index < -0.39 is 0 Å². The summed E-state index contributed by atoms with van der Waals surface area (Å²) in [4.78, 5) is 5.24. The van der Waals surface area contributed by atoms with E-state index in [0.717, 1.165) is 0 Å². The van der Waals surface area contributed by atoms with E-state index in [2.05, 4.69) is 35.0 Å². The number of thiophene rings is 3. The maximum absolute atomic E-state index is 3.12. The normalized spacial score (nSPS) is 9.41. The van der Waals surface area contributed by atoms with Crippen molar-refractivity contribution in [2.75, 3.05) is 0 Å². The van der Waals surface area contributed by atoms with Crippen LogP contribution in [0.15, 0.2) is 36.4 Å². The van der Waals surface area contributed by atoms with E-state index in [1.54, 1.807) is 22.7 Å². The van der Waals surface area contributed by atoms with Crippen molar-refractivity contribution in [1.82, 2.24) is 0 Å². The molecule has 3 rings (SSSR count). The molecule has 0 aliphatic heterocycles. The molecule has 0 N–H and O–H groups in total. The maximum Gasteiger partial charge on any atom is 1.00 e. The van der Waals surface area contributed by atoms with Crippen molar-refractivity contribution < 1.29 is 37.7 Å². The predicted molar refractivity (Wildman–Crippen MR) is 68.6 cm³/mol. The van der Waals surface area contributed by atoms with Crippen molar-refractivity contribution in [1.29, 1.82) is 0 Å². The van der Waals surface area contributed by atoms with Gasteiger partial charge in [0, 0.05) is 0 Å². The molecule has 17 heavy (non-hydrogen) atoms. The number of hydrogen-bond donors (Lipinski definition) is 0. The molecule has 0 radical (unpaired) electrons. The van der Waals surface area contributed by atoms with Gasteiger partial charge in [0.1, 0.15) is 0 Å². The SMILES string of the molecule is [Li+].[Li+].[c-]1ccc(-c2ccc(-c3cc[c-]s3)s2)s1. The zero-order valence-corrected chi connectivity index (χ0v) is 12.1. The molecule has 3 aromatic heterocycles. The molecule has 0 aliphatic carbocycles. The van der Waals surface area contributed by atoms with Crippen molar-refractivity contribution in [3.8, 4) is 19.5 Å². The van der Waals surface area contributed by atoms with Crippen molar-refractivity contribution in [2.45, 2.75) is 0 Å². The Morgan fingerprint density at radius 3 is 1.47 bits per heavy atom. The summed E-state index contributed by atoms with van der Waals surface area (Å²) in [5, 5.41) is 6.23. The van der Waals surface area contributed by atoms with Crippen molar-refractivity contribution >= 4 is 34.0 Å². The second kappa shape index (κ2) is 7.02. The minimum Gasteiger partial charge on any atom is -0.295 e. The van der Waals surface area contributed by atoms with Crippen LogP contribution in [0.3, 0.4) is 0 Å². The van der Waals surface area contributed by atoms with Gasteiger partial charge in [0.15, 0.2) is 0 Å². The summed E-state index contributed by atoms with van der Waals surface area (Å²) >= 11 is 5.16. The van der Waals surface area contributed by atoms with Gasteiger partial charge < -0.3 is 0 Å². The van der Waals surface area contributed by atoms with Crippen molar-refractivity contribution in [2.24, 2.45) is 0 Å². The summed E-state index contributed by atoms with van der Waals surface area (Å²) in [6, 6.07) is 12.5. The van der Waals surface area contributed by atoms with E-state index in [1.807, 2.05) is 23.5 Å². The smallest absolute Gasteiger partial charge is 0.295 e. The average molecular weight is 260 g/mol. The topological polar surface area (TPSA) is 0 Å². The van der Waals surface area contributed by atoms with Crippen LogP contribution in [0, 0.1) is 10.8 Å². The van der Waals surface area contributed by atoms with Gasteiger partial charge in [0.05, 0.1) is 0 Å². The monoisotopic (exact) mass is 260 g/mol. The van der Waals surface area contributed by atoms with Crippen LogP contribution < -0.4 is 37.7 Å². The first-order valence-electron chi connectivity index (χ1n) is 4.46. The van der Waals surface area contributed by atoms with Gasteiger partial charge in [-0.05, 0) is 9.75 Å². The Bertz CT molecular complexity index is 489. The zero-order valence-electron chi connectivity index (χ0n) is 9.69. The second-order valence-electron chi connectivity index (χ2n) is 3.00. The first-order valence-corrected chi connectivity index (χ1v) is 6.91. The van der Waals surface area contributed by atoms with E-state index >= 15 is 0 Å². The Hall–Kier alpha value is 0.295. The minimum absolute atomic E-state index is 0. The summed E-state index contributed by atoms with van der Waals surface area (Å²) in [7, 11) is 0. The van der Waals surface area contributed by atoms with E-state index in [-0.39, 0.29) is 37.7 Å². The molecule has 0 bridgehead atoms. The molecule has 0 fully saturated rings. The van der Waals surface area contributed by atoms with Crippen LogP contribution in [0.1, 0.15) is 0 Å². The van der Waals surface area contributed by atoms with E-state index in [9.17, 15) is 0 Å². The van der Waals surface area contributed by atoms with Crippen LogP contribution in [0.4, 0.5) is 0 Å². The van der Waals surface area contributed by atoms with Crippen LogP contribution in [0.5, 0.6) is 0 Å². The largest absolute Gasteiger partial charge is 1.00 e. The number of rotatable bonds is 2. The van der Waals surface area contributed by atoms with Gasteiger partial charge in [-0.1, -0.05) is 12.1 Å². The Labute approximate surface area is 137 Å². The molecule has 0 nitrogen and oxygen atoms in total. The molecule has 0 aromatic carbocycles. The average Bonchev–Trinajstić information content (AvgIpc) is 3.02. The third-order valence-corrected chi connectivity index (χ3v) is 5.10. The molecule has 3 heterocycles. The molecule has 0 saturated heterocycles. The van der Waals surface area contributed by atoms with Crippen LogP contribution in [-0.4, -0.2) is 0 Å². The molecule has 0 amide bonds. The fourth-order valence-electron chi connectivity index (χ4n) is 1.35. The molecule has 0 unspecified atom stereocenters. The Kier molecular flexibility index (Phi) is 6.34.